The number of nitro groups is 1. The highest BCUT2D eigenvalue weighted by molar-refractivity contribution is 6.01. The Bertz CT molecular complexity index is 1460. The van der Waals surface area contributed by atoms with Crippen molar-refractivity contribution in [3.8, 4) is 0 Å². The summed E-state index contributed by atoms with van der Waals surface area (Å²) in [5.41, 5.74) is 4.40. The molecule has 5 rings (SSSR count). The average Bonchev–Trinajstić information content (AvgIpc) is 2.90. The second-order valence-corrected chi connectivity index (χ2v) is 8.20. The van der Waals surface area contributed by atoms with Crippen LogP contribution in [0.1, 0.15) is 15.9 Å². The van der Waals surface area contributed by atoms with Gasteiger partial charge in [-0.3, -0.25) is 14.9 Å². The SMILES string of the molecule is O=C(Cc1cccc2c([N+](=O)[O-])cccc12)c1ccc(N(c2ccccc2)c2ccccc2)cc1. The van der Waals surface area contributed by atoms with E-state index in [2.05, 4.69) is 4.90 Å². The zero-order chi connectivity index (χ0) is 24.2. The van der Waals surface area contributed by atoms with Crippen LogP contribution in [0.4, 0.5) is 22.7 Å². The van der Waals surface area contributed by atoms with Crippen LogP contribution >= 0.6 is 0 Å². The molecule has 0 bridgehead atoms. The lowest BCUT2D eigenvalue weighted by atomic mass is 9.97. The summed E-state index contributed by atoms with van der Waals surface area (Å²) in [7, 11) is 0. The van der Waals surface area contributed by atoms with Crippen molar-refractivity contribution in [1.82, 2.24) is 0 Å². The van der Waals surface area contributed by atoms with Crippen LogP contribution in [0.2, 0.25) is 0 Å². The first-order chi connectivity index (χ1) is 17.1. The van der Waals surface area contributed by atoms with Gasteiger partial charge in [0.25, 0.3) is 5.69 Å². The zero-order valence-corrected chi connectivity index (χ0v) is 18.9. The fourth-order valence-corrected chi connectivity index (χ4v) is 4.34. The fourth-order valence-electron chi connectivity index (χ4n) is 4.34. The van der Waals surface area contributed by atoms with Gasteiger partial charge in [0.1, 0.15) is 0 Å². The summed E-state index contributed by atoms with van der Waals surface area (Å²) < 4.78 is 0. The number of carbonyl (C=O) groups excluding carboxylic acids is 1. The molecule has 0 spiro atoms. The molecule has 0 atom stereocenters. The number of fused-ring (bicyclic) bond motifs is 1. The highest BCUT2D eigenvalue weighted by Crippen LogP contribution is 2.34. The summed E-state index contributed by atoms with van der Waals surface area (Å²) >= 11 is 0. The van der Waals surface area contributed by atoms with Gasteiger partial charge < -0.3 is 4.90 Å². The summed E-state index contributed by atoms with van der Waals surface area (Å²) in [6.07, 6.45) is 0.166. The first kappa shape index (κ1) is 22.0. The number of para-hydroxylation sites is 2. The Kier molecular flexibility index (Phi) is 6.05. The number of hydrogen-bond donors (Lipinski definition) is 0. The van der Waals surface area contributed by atoms with Gasteiger partial charge in [-0.2, -0.15) is 0 Å². The Morgan fingerprint density at radius 2 is 1.17 bits per heavy atom. The van der Waals surface area contributed by atoms with Crippen LogP contribution in [0.15, 0.2) is 121 Å². The molecule has 5 aromatic carbocycles. The Hall–Kier alpha value is -4.77. The van der Waals surface area contributed by atoms with E-state index >= 15 is 0 Å². The number of rotatable bonds is 7. The monoisotopic (exact) mass is 458 g/mol. The van der Waals surface area contributed by atoms with E-state index in [0.717, 1.165) is 28.0 Å². The minimum Gasteiger partial charge on any atom is -0.311 e. The van der Waals surface area contributed by atoms with Crippen molar-refractivity contribution in [3.63, 3.8) is 0 Å². The van der Waals surface area contributed by atoms with Gasteiger partial charge in [0.15, 0.2) is 5.78 Å². The zero-order valence-electron chi connectivity index (χ0n) is 18.9. The molecule has 0 amide bonds. The highest BCUT2D eigenvalue weighted by atomic mass is 16.6. The average molecular weight is 459 g/mol. The maximum atomic E-state index is 13.2. The first-order valence-corrected chi connectivity index (χ1v) is 11.3. The number of hydrogen-bond acceptors (Lipinski definition) is 4. The lowest BCUT2D eigenvalue weighted by Gasteiger charge is -2.25. The van der Waals surface area contributed by atoms with E-state index in [9.17, 15) is 14.9 Å². The van der Waals surface area contributed by atoms with Crippen LogP contribution in [0, 0.1) is 10.1 Å². The van der Waals surface area contributed by atoms with E-state index < -0.39 is 4.92 Å². The largest absolute Gasteiger partial charge is 0.311 e. The van der Waals surface area contributed by atoms with Gasteiger partial charge in [0.05, 0.1) is 10.3 Å². The first-order valence-electron chi connectivity index (χ1n) is 11.3. The van der Waals surface area contributed by atoms with E-state index in [1.54, 1.807) is 18.2 Å². The third kappa shape index (κ3) is 4.52. The second-order valence-electron chi connectivity index (χ2n) is 8.20. The van der Waals surface area contributed by atoms with Gasteiger partial charge in [-0.15, -0.1) is 0 Å². The number of Topliss-reactive ketones (excluding diaryl/α,β-unsaturated/α-hetero) is 1. The molecular formula is C30H22N2O3. The highest BCUT2D eigenvalue weighted by Gasteiger charge is 2.16. The summed E-state index contributed by atoms with van der Waals surface area (Å²) in [6.45, 7) is 0. The fraction of sp³-hybridized carbons (Fsp3) is 0.0333. The summed E-state index contributed by atoms with van der Waals surface area (Å²) in [4.78, 5) is 26.3. The van der Waals surface area contributed by atoms with Crippen LogP contribution in [-0.2, 0) is 6.42 Å². The lowest BCUT2D eigenvalue weighted by Crippen LogP contribution is -2.10. The summed E-state index contributed by atoms with van der Waals surface area (Å²) in [6, 6.07) is 38.0. The molecule has 5 aromatic rings. The molecule has 0 aliphatic rings. The molecule has 0 unspecified atom stereocenters. The molecule has 0 aliphatic heterocycles. The summed E-state index contributed by atoms with van der Waals surface area (Å²) in [5.74, 6) is -0.0403. The predicted molar refractivity (Wildman–Crippen MR) is 140 cm³/mol. The van der Waals surface area contributed by atoms with Crippen LogP contribution in [-0.4, -0.2) is 10.7 Å². The van der Waals surface area contributed by atoms with Gasteiger partial charge in [-0.05, 0) is 65.5 Å². The van der Waals surface area contributed by atoms with Crippen molar-refractivity contribution in [2.75, 3.05) is 4.90 Å². The van der Waals surface area contributed by atoms with E-state index in [-0.39, 0.29) is 17.9 Å². The maximum absolute atomic E-state index is 13.2. The maximum Gasteiger partial charge on any atom is 0.277 e. The second kappa shape index (κ2) is 9.61. The van der Waals surface area contributed by atoms with Crippen LogP contribution in [0.5, 0.6) is 0 Å². The van der Waals surface area contributed by atoms with Gasteiger partial charge >= 0.3 is 0 Å². The predicted octanol–water partition coefficient (Wildman–Crippen LogP) is 7.64. The third-order valence-corrected chi connectivity index (χ3v) is 6.01. The number of anilines is 3. The molecule has 35 heavy (non-hydrogen) atoms. The number of non-ortho nitro benzene ring substituents is 1. The van der Waals surface area contributed by atoms with Gasteiger partial charge in [-0.1, -0.05) is 60.7 Å². The van der Waals surface area contributed by atoms with Crippen molar-refractivity contribution in [3.05, 3.63) is 143 Å². The number of ketones is 1. The van der Waals surface area contributed by atoms with Crippen molar-refractivity contribution in [2.24, 2.45) is 0 Å². The van der Waals surface area contributed by atoms with Crippen molar-refractivity contribution in [2.45, 2.75) is 6.42 Å². The Morgan fingerprint density at radius 1 is 0.629 bits per heavy atom. The Balaban J connectivity index is 1.44. The van der Waals surface area contributed by atoms with Gasteiger partial charge in [0.2, 0.25) is 0 Å². The van der Waals surface area contributed by atoms with E-state index in [0.29, 0.717) is 10.9 Å². The lowest BCUT2D eigenvalue weighted by molar-refractivity contribution is -0.383. The third-order valence-electron chi connectivity index (χ3n) is 6.01. The molecule has 0 aromatic heterocycles. The number of benzene rings is 5. The van der Waals surface area contributed by atoms with Crippen LogP contribution < -0.4 is 4.90 Å². The molecule has 0 saturated carbocycles. The van der Waals surface area contributed by atoms with E-state index in [1.165, 1.54) is 6.07 Å². The normalized spacial score (nSPS) is 10.7. The number of carbonyl (C=O) groups is 1. The Morgan fingerprint density at radius 3 is 1.77 bits per heavy atom. The Labute approximate surface area is 203 Å². The quantitative estimate of drug-likeness (QED) is 0.143. The summed E-state index contributed by atoms with van der Waals surface area (Å²) in [5, 5.41) is 12.7. The topological polar surface area (TPSA) is 63.4 Å². The van der Waals surface area contributed by atoms with Crippen LogP contribution in [0.3, 0.4) is 0 Å². The van der Waals surface area contributed by atoms with Gasteiger partial charge in [-0.25, -0.2) is 0 Å². The molecule has 0 aliphatic carbocycles. The number of nitro benzene ring substituents is 1. The van der Waals surface area contributed by atoms with Crippen LogP contribution in [0.25, 0.3) is 10.8 Å². The standard InChI is InChI=1S/C30H22N2O3/c33-30(21-23-9-7-15-28-27(23)14-8-16-29(28)32(34)35)22-17-19-26(20-18-22)31(24-10-3-1-4-11-24)25-12-5-2-6-13-25/h1-20H,21H2. The van der Waals surface area contributed by atoms with Crippen molar-refractivity contribution >= 4 is 39.3 Å². The van der Waals surface area contributed by atoms with Crippen molar-refractivity contribution < 1.29 is 9.72 Å². The molecule has 0 heterocycles. The molecule has 5 heteroatoms. The van der Waals surface area contributed by atoms with E-state index in [1.807, 2.05) is 97.1 Å². The van der Waals surface area contributed by atoms with E-state index in [4.69, 9.17) is 0 Å². The molecule has 5 nitrogen and oxygen atoms in total. The minimum atomic E-state index is -0.391. The van der Waals surface area contributed by atoms with Gasteiger partial charge in [0, 0.05) is 35.1 Å². The minimum absolute atomic E-state index is 0.0403. The molecule has 0 radical (unpaired) electrons. The molecule has 0 fully saturated rings. The molecule has 0 N–H and O–H groups in total. The molecule has 0 saturated heterocycles. The molecular weight excluding hydrogens is 436 g/mol. The smallest absolute Gasteiger partial charge is 0.277 e. The molecule has 170 valence electrons. The van der Waals surface area contributed by atoms with Crippen molar-refractivity contribution in [1.29, 1.82) is 0 Å². The number of nitrogens with zero attached hydrogens (tertiary/aromatic N) is 2.